The second-order valence-corrected chi connectivity index (χ2v) is 5.50. The Hall–Kier alpha value is -2.83. The first-order valence-corrected chi connectivity index (χ1v) is 7.98. The Morgan fingerprint density at radius 3 is 2.23 bits per heavy atom. The minimum Gasteiger partial charge on any atom is -0.465 e. The molecule has 0 N–H and O–H groups in total. The van der Waals surface area contributed by atoms with Crippen molar-refractivity contribution in [3.05, 3.63) is 71.3 Å². The number of ether oxygens (including phenoxy) is 1. The Morgan fingerprint density at radius 2 is 1.62 bits per heavy atom. The van der Waals surface area contributed by atoms with Gasteiger partial charge in [-0.3, -0.25) is 9.59 Å². The van der Waals surface area contributed by atoms with Gasteiger partial charge in [-0.2, -0.15) is 13.2 Å². The summed E-state index contributed by atoms with van der Waals surface area (Å²) in [5, 5.41) is 0. The molecule has 0 spiro atoms. The van der Waals surface area contributed by atoms with E-state index in [2.05, 4.69) is 0 Å². The molecule has 2 rings (SSSR count). The summed E-state index contributed by atoms with van der Waals surface area (Å²) in [4.78, 5) is 25.7. The third kappa shape index (κ3) is 5.08. The molecule has 0 unspecified atom stereocenters. The van der Waals surface area contributed by atoms with Crippen molar-refractivity contribution in [3.8, 4) is 0 Å². The number of alkyl halides is 3. The van der Waals surface area contributed by atoms with Crippen LogP contribution in [0.1, 0.15) is 28.4 Å². The molecule has 2 aromatic rings. The molecule has 0 atom stereocenters. The fraction of sp³-hybridized carbons (Fsp3) is 0.263. The minimum atomic E-state index is -4.67. The standard InChI is InChI=1S/C19H18F3NO3/c1-2-26-17(24)13-23(12-14-8-4-3-5-9-14)18(25)15-10-6-7-11-16(15)19(20,21)22/h3-11H,2,12-13H2,1H3. The number of rotatable bonds is 6. The van der Waals surface area contributed by atoms with Gasteiger partial charge in [-0.15, -0.1) is 0 Å². The number of amides is 1. The van der Waals surface area contributed by atoms with Crippen LogP contribution in [0.25, 0.3) is 0 Å². The van der Waals surface area contributed by atoms with Crippen LogP contribution < -0.4 is 0 Å². The molecule has 0 bridgehead atoms. The molecule has 138 valence electrons. The largest absolute Gasteiger partial charge is 0.465 e. The van der Waals surface area contributed by atoms with Crippen molar-refractivity contribution >= 4 is 11.9 Å². The molecular weight excluding hydrogens is 347 g/mol. The van der Waals surface area contributed by atoms with Crippen molar-refractivity contribution in [2.24, 2.45) is 0 Å². The van der Waals surface area contributed by atoms with Gasteiger partial charge in [0, 0.05) is 6.54 Å². The van der Waals surface area contributed by atoms with Gasteiger partial charge in [0.15, 0.2) is 0 Å². The molecule has 1 amide bonds. The Kier molecular flexibility index (Phi) is 6.38. The van der Waals surface area contributed by atoms with Gasteiger partial charge >= 0.3 is 12.1 Å². The number of carbonyl (C=O) groups is 2. The monoisotopic (exact) mass is 365 g/mol. The van der Waals surface area contributed by atoms with Gasteiger partial charge in [-0.05, 0) is 24.6 Å². The van der Waals surface area contributed by atoms with Gasteiger partial charge in [-0.25, -0.2) is 0 Å². The van der Waals surface area contributed by atoms with Gasteiger partial charge in [0.05, 0.1) is 17.7 Å². The highest BCUT2D eigenvalue weighted by atomic mass is 19.4. The Bertz CT molecular complexity index is 760. The average molecular weight is 365 g/mol. The smallest absolute Gasteiger partial charge is 0.417 e. The first kappa shape index (κ1) is 19.5. The lowest BCUT2D eigenvalue weighted by atomic mass is 10.1. The molecule has 0 saturated carbocycles. The number of carbonyl (C=O) groups excluding carboxylic acids is 2. The molecule has 26 heavy (non-hydrogen) atoms. The highest BCUT2D eigenvalue weighted by Crippen LogP contribution is 2.32. The van der Waals surface area contributed by atoms with E-state index in [-0.39, 0.29) is 13.2 Å². The quantitative estimate of drug-likeness (QED) is 0.729. The summed E-state index contributed by atoms with van der Waals surface area (Å²) in [6.45, 7) is 1.28. The second kappa shape index (κ2) is 8.51. The van der Waals surface area contributed by atoms with E-state index < -0.39 is 35.7 Å². The van der Waals surface area contributed by atoms with Crippen LogP contribution in [0.2, 0.25) is 0 Å². The topological polar surface area (TPSA) is 46.6 Å². The molecule has 0 aliphatic heterocycles. The summed E-state index contributed by atoms with van der Waals surface area (Å²) < 4.78 is 44.5. The van der Waals surface area contributed by atoms with E-state index in [9.17, 15) is 22.8 Å². The van der Waals surface area contributed by atoms with Gasteiger partial charge in [0.2, 0.25) is 0 Å². The van der Waals surface area contributed by atoms with E-state index in [1.54, 1.807) is 37.3 Å². The van der Waals surface area contributed by atoms with E-state index in [1.165, 1.54) is 12.1 Å². The van der Waals surface area contributed by atoms with Crippen molar-refractivity contribution in [2.75, 3.05) is 13.2 Å². The maximum atomic E-state index is 13.2. The number of halogens is 3. The third-order valence-electron chi connectivity index (χ3n) is 3.59. The Balaban J connectivity index is 2.35. The van der Waals surface area contributed by atoms with Crippen molar-refractivity contribution in [3.63, 3.8) is 0 Å². The summed E-state index contributed by atoms with van der Waals surface area (Å²) >= 11 is 0. The Morgan fingerprint density at radius 1 is 1.00 bits per heavy atom. The first-order valence-electron chi connectivity index (χ1n) is 7.98. The molecule has 7 heteroatoms. The molecule has 0 fully saturated rings. The van der Waals surface area contributed by atoms with E-state index in [0.717, 1.165) is 17.0 Å². The minimum absolute atomic E-state index is 0.00925. The lowest BCUT2D eigenvalue weighted by Crippen LogP contribution is -2.37. The van der Waals surface area contributed by atoms with Crippen LogP contribution in [0.5, 0.6) is 0 Å². The van der Waals surface area contributed by atoms with Crippen LogP contribution in [0.3, 0.4) is 0 Å². The van der Waals surface area contributed by atoms with E-state index >= 15 is 0 Å². The number of hydrogen-bond acceptors (Lipinski definition) is 3. The average Bonchev–Trinajstić information content (AvgIpc) is 2.61. The van der Waals surface area contributed by atoms with Gasteiger partial charge in [0.25, 0.3) is 5.91 Å². The summed E-state index contributed by atoms with van der Waals surface area (Å²) in [5.74, 6) is -1.56. The van der Waals surface area contributed by atoms with Gasteiger partial charge in [-0.1, -0.05) is 42.5 Å². The highest BCUT2D eigenvalue weighted by Gasteiger charge is 2.36. The van der Waals surface area contributed by atoms with Crippen LogP contribution in [0.15, 0.2) is 54.6 Å². The lowest BCUT2D eigenvalue weighted by molar-refractivity contribution is -0.143. The first-order chi connectivity index (χ1) is 12.3. The molecular formula is C19H18F3NO3. The van der Waals surface area contributed by atoms with E-state index in [4.69, 9.17) is 4.74 Å². The zero-order chi connectivity index (χ0) is 19.2. The molecule has 0 heterocycles. The van der Waals surface area contributed by atoms with Crippen molar-refractivity contribution < 1.29 is 27.5 Å². The normalized spacial score (nSPS) is 11.1. The molecule has 0 aliphatic carbocycles. The molecule has 4 nitrogen and oxygen atoms in total. The number of esters is 1. The molecule has 0 radical (unpaired) electrons. The molecule has 0 aliphatic rings. The van der Waals surface area contributed by atoms with E-state index in [0.29, 0.717) is 5.56 Å². The summed E-state index contributed by atoms with van der Waals surface area (Å²) in [6, 6.07) is 13.2. The highest BCUT2D eigenvalue weighted by molar-refractivity contribution is 5.97. The van der Waals surface area contributed by atoms with E-state index in [1.807, 2.05) is 0 Å². The van der Waals surface area contributed by atoms with Crippen molar-refractivity contribution in [1.82, 2.24) is 4.90 Å². The SMILES string of the molecule is CCOC(=O)CN(Cc1ccccc1)C(=O)c1ccccc1C(F)(F)F. The fourth-order valence-corrected chi connectivity index (χ4v) is 2.45. The van der Waals surface area contributed by atoms with Crippen LogP contribution >= 0.6 is 0 Å². The molecule has 2 aromatic carbocycles. The third-order valence-corrected chi connectivity index (χ3v) is 3.59. The predicted molar refractivity (Wildman–Crippen MR) is 89.3 cm³/mol. The second-order valence-electron chi connectivity index (χ2n) is 5.50. The van der Waals surface area contributed by atoms with Crippen molar-refractivity contribution in [2.45, 2.75) is 19.6 Å². The van der Waals surface area contributed by atoms with Crippen molar-refractivity contribution in [1.29, 1.82) is 0 Å². The van der Waals surface area contributed by atoms with Crippen LogP contribution in [0, 0.1) is 0 Å². The van der Waals surface area contributed by atoms with Gasteiger partial charge < -0.3 is 9.64 Å². The maximum absolute atomic E-state index is 13.2. The van der Waals surface area contributed by atoms with Crippen LogP contribution in [0.4, 0.5) is 13.2 Å². The molecule has 0 saturated heterocycles. The van der Waals surface area contributed by atoms with Crippen LogP contribution in [-0.4, -0.2) is 29.9 Å². The summed E-state index contributed by atoms with van der Waals surface area (Å²) in [5.41, 5.74) is -0.846. The Labute approximate surface area is 149 Å². The van der Waals surface area contributed by atoms with Crippen LogP contribution in [-0.2, 0) is 22.3 Å². The lowest BCUT2D eigenvalue weighted by Gasteiger charge is -2.23. The number of hydrogen-bond donors (Lipinski definition) is 0. The zero-order valence-electron chi connectivity index (χ0n) is 14.1. The number of nitrogens with zero attached hydrogens (tertiary/aromatic N) is 1. The predicted octanol–water partition coefficient (Wildman–Crippen LogP) is 3.91. The fourth-order valence-electron chi connectivity index (χ4n) is 2.45. The maximum Gasteiger partial charge on any atom is 0.417 e. The zero-order valence-corrected chi connectivity index (χ0v) is 14.1. The summed E-state index contributed by atoms with van der Waals surface area (Å²) in [6.07, 6.45) is -4.67. The molecule has 0 aromatic heterocycles. The summed E-state index contributed by atoms with van der Waals surface area (Å²) in [7, 11) is 0. The number of benzene rings is 2. The van der Waals surface area contributed by atoms with Gasteiger partial charge in [0.1, 0.15) is 6.54 Å².